The molecule has 0 saturated heterocycles. The van der Waals surface area contributed by atoms with E-state index >= 15 is 0 Å². The number of hydrogen-bond acceptors (Lipinski definition) is 3. The monoisotopic (exact) mass is 327 g/mol. The van der Waals surface area contributed by atoms with Gasteiger partial charge in [-0.3, -0.25) is 0 Å². The molecule has 2 rings (SSSR count). The van der Waals surface area contributed by atoms with Crippen molar-refractivity contribution in [1.82, 2.24) is 14.8 Å². The van der Waals surface area contributed by atoms with Crippen molar-refractivity contribution in [3.8, 4) is 5.69 Å². The van der Waals surface area contributed by atoms with Gasteiger partial charge in [-0.25, -0.2) is 18.9 Å². The molecule has 0 atom stereocenters. The first-order chi connectivity index (χ1) is 8.90. The van der Waals surface area contributed by atoms with E-state index in [1.165, 1.54) is 22.9 Å². The summed E-state index contributed by atoms with van der Waals surface area (Å²) in [4.78, 5) is 14.9. The molecule has 0 unspecified atom stereocenters. The third kappa shape index (κ3) is 2.65. The van der Waals surface area contributed by atoms with Crippen LogP contribution in [0.15, 0.2) is 22.7 Å². The van der Waals surface area contributed by atoms with Crippen molar-refractivity contribution in [3.05, 3.63) is 40.1 Å². The van der Waals surface area contributed by atoms with Crippen molar-refractivity contribution in [2.75, 3.05) is 0 Å². The molecule has 0 aliphatic carbocycles. The van der Waals surface area contributed by atoms with Crippen molar-refractivity contribution in [3.63, 3.8) is 0 Å². The Labute approximate surface area is 117 Å². The van der Waals surface area contributed by atoms with Gasteiger partial charge < -0.3 is 5.11 Å². The summed E-state index contributed by atoms with van der Waals surface area (Å²) in [6, 6.07) is 4.12. The second-order valence-electron chi connectivity index (χ2n) is 4.26. The van der Waals surface area contributed by atoms with Crippen LogP contribution in [0.2, 0.25) is 0 Å². The largest absolute Gasteiger partial charge is 0.475 e. The van der Waals surface area contributed by atoms with E-state index in [9.17, 15) is 9.18 Å². The Hall–Kier alpha value is -1.76. The summed E-state index contributed by atoms with van der Waals surface area (Å²) in [6.07, 6.45) is 0. The maximum Gasteiger partial charge on any atom is 0.375 e. The van der Waals surface area contributed by atoms with Crippen LogP contribution in [-0.2, 0) is 0 Å². The zero-order valence-electron chi connectivity index (χ0n) is 10.3. The lowest BCUT2D eigenvalue weighted by Crippen LogP contribution is -2.06. The van der Waals surface area contributed by atoms with Gasteiger partial charge in [0.2, 0.25) is 0 Å². The van der Waals surface area contributed by atoms with Crippen molar-refractivity contribution >= 4 is 21.9 Å². The van der Waals surface area contributed by atoms with E-state index in [4.69, 9.17) is 5.11 Å². The number of nitrogens with zero attached hydrogens (tertiary/aromatic N) is 3. The van der Waals surface area contributed by atoms with Gasteiger partial charge in [-0.15, -0.1) is 5.10 Å². The maximum absolute atomic E-state index is 13.3. The molecular formula is C12H11BrFN3O2. The number of rotatable bonds is 3. The summed E-state index contributed by atoms with van der Waals surface area (Å²) in [5, 5.41) is 12.9. The van der Waals surface area contributed by atoms with E-state index in [2.05, 4.69) is 26.0 Å². The number of aromatic carboxylic acids is 1. The van der Waals surface area contributed by atoms with Gasteiger partial charge in [0.1, 0.15) is 11.6 Å². The van der Waals surface area contributed by atoms with E-state index < -0.39 is 11.8 Å². The number of carboxylic acid groups (broad SMARTS) is 1. The number of carboxylic acids is 1. The predicted octanol–water partition coefficient (Wildman–Crippen LogP) is 2.99. The fourth-order valence-corrected chi connectivity index (χ4v) is 2.03. The first kappa shape index (κ1) is 13.7. The average molecular weight is 328 g/mol. The Kier molecular flexibility index (Phi) is 3.66. The number of carbonyl (C=O) groups is 1. The standard InChI is InChI=1S/C12H11BrFN3O2/c1-6(2)11-15-10(12(18)19)16-17(11)9-5-7(14)3-4-8(9)13/h3-6H,1-2H3,(H,18,19). The second-order valence-corrected chi connectivity index (χ2v) is 5.12. The number of halogens is 2. The smallest absolute Gasteiger partial charge is 0.375 e. The molecule has 1 N–H and O–H groups in total. The first-order valence-corrected chi connectivity index (χ1v) is 6.35. The summed E-state index contributed by atoms with van der Waals surface area (Å²) in [7, 11) is 0. The van der Waals surface area contributed by atoms with Gasteiger partial charge in [-0.05, 0) is 28.1 Å². The highest BCUT2D eigenvalue weighted by molar-refractivity contribution is 9.10. The minimum Gasteiger partial charge on any atom is -0.475 e. The number of aromatic nitrogens is 3. The number of hydrogen-bond donors (Lipinski definition) is 1. The molecule has 0 bridgehead atoms. The molecule has 0 aliphatic rings. The van der Waals surface area contributed by atoms with E-state index in [0.29, 0.717) is 16.0 Å². The lowest BCUT2D eigenvalue weighted by atomic mass is 10.2. The summed E-state index contributed by atoms with van der Waals surface area (Å²) in [5.41, 5.74) is 0.420. The molecule has 100 valence electrons. The fourth-order valence-electron chi connectivity index (χ4n) is 1.61. The minimum absolute atomic E-state index is 0.0456. The maximum atomic E-state index is 13.3. The molecule has 0 fully saturated rings. The van der Waals surface area contributed by atoms with E-state index in [-0.39, 0.29) is 11.7 Å². The van der Waals surface area contributed by atoms with E-state index in [0.717, 1.165) is 0 Å². The van der Waals surface area contributed by atoms with Crippen molar-refractivity contribution in [1.29, 1.82) is 0 Å². The average Bonchev–Trinajstić information content (AvgIpc) is 2.77. The predicted molar refractivity (Wildman–Crippen MR) is 70.1 cm³/mol. The van der Waals surface area contributed by atoms with Gasteiger partial charge in [0.15, 0.2) is 0 Å². The molecule has 0 spiro atoms. The van der Waals surface area contributed by atoms with Crippen molar-refractivity contribution < 1.29 is 14.3 Å². The van der Waals surface area contributed by atoms with Crippen LogP contribution in [0.25, 0.3) is 5.69 Å². The molecule has 0 saturated carbocycles. The van der Waals surface area contributed by atoms with E-state index in [1.807, 2.05) is 13.8 Å². The molecule has 0 radical (unpaired) electrons. The molecule has 7 heteroatoms. The third-order valence-corrected chi connectivity index (χ3v) is 3.15. The Balaban J connectivity index is 2.66. The molecular weight excluding hydrogens is 317 g/mol. The molecule has 1 aromatic heterocycles. The topological polar surface area (TPSA) is 68.0 Å². The summed E-state index contributed by atoms with van der Waals surface area (Å²) in [5.74, 6) is -1.53. The van der Waals surface area contributed by atoms with Crippen molar-refractivity contribution in [2.24, 2.45) is 0 Å². The van der Waals surface area contributed by atoms with Crippen LogP contribution in [0.4, 0.5) is 4.39 Å². The molecule has 0 amide bonds. The van der Waals surface area contributed by atoms with Crippen LogP contribution in [0, 0.1) is 5.82 Å². The Morgan fingerprint density at radius 3 is 2.74 bits per heavy atom. The highest BCUT2D eigenvalue weighted by atomic mass is 79.9. The lowest BCUT2D eigenvalue weighted by molar-refractivity contribution is 0.0683. The minimum atomic E-state index is -1.21. The SMILES string of the molecule is CC(C)c1nc(C(=O)O)nn1-c1cc(F)ccc1Br. The highest BCUT2D eigenvalue weighted by Gasteiger charge is 2.20. The van der Waals surface area contributed by atoms with Crippen LogP contribution in [0.1, 0.15) is 36.2 Å². The lowest BCUT2D eigenvalue weighted by Gasteiger charge is -2.09. The van der Waals surface area contributed by atoms with Gasteiger partial charge in [0.25, 0.3) is 5.82 Å². The summed E-state index contributed by atoms with van der Waals surface area (Å²) >= 11 is 3.29. The fraction of sp³-hybridized carbons (Fsp3) is 0.250. The third-order valence-electron chi connectivity index (χ3n) is 2.48. The van der Waals surface area contributed by atoms with Gasteiger partial charge in [-0.1, -0.05) is 13.8 Å². The van der Waals surface area contributed by atoms with Gasteiger partial charge in [-0.2, -0.15) is 0 Å². The van der Waals surface area contributed by atoms with Crippen LogP contribution in [0.3, 0.4) is 0 Å². The molecule has 5 nitrogen and oxygen atoms in total. The quantitative estimate of drug-likeness (QED) is 0.940. The molecule has 0 aliphatic heterocycles. The Morgan fingerprint density at radius 1 is 1.47 bits per heavy atom. The highest BCUT2D eigenvalue weighted by Crippen LogP contribution is 2.25. The van der Waals surface area contributed by atoms with Crippen LogP contribution < -0.4 is 0 Å². The molecule has 19 heavy (non-hydrogen) atoms. The summed E-state index contributed by atoms with van der Waals surface area (Å²) < 4.78 is 15.3. The number of benzene rings is 1. The molecule has 2 aromatic rings. The Bertz CT molecular complexity index is 640. The normalized spacial score (nSPS) is 11.0. The Morgan fingerprint density at radius 2 is 2.16 bits per heavy atom. The van der Waals surface area contributed by atoms with Crippen LogP contribution in [0.5, 0.6) is 0 Å². The van der Waals surface area contributed by atoms with Crippen LogP contribution in [-0.4, -0.2) is 25.8 Å². The first-order valence-electron chi connectivity index (χ1n) is 5.56. The van der Waals surface area contributed by atoms with Crippen molar-refractivity contribution in [2.45, 2.75) is 19.8 Å². The van der Waals surface area contributed by atoms with Gasteiger partial charge in [0.05, 0.1) is 5.69 Å². The van der Waals surface area contributed by atoms with Crippen LogP contribution >= 0.6 is 15.9 Å². The van der Waals surface area contributed by atoms with Gasteiger partial charge >= 0.3 is 5.97 Å². The second kappa shape index (κ2) is 5.08. The molecule has 1 heterocycles. The zero-order chi connectivity index (χ0) is 14.2. The van der Waals surface area contributed by atoms with Gasteiger partial charge in [0, 0.05) is 16.5 Å². The molecule has 1 aromatic carbocycles. The summed E-state index contributed by atoms with van der Waals surface area (Å²) in [6.45, 7) is 3.72. The zero-order valence-corrected chi connectivity index (χ0v) is 11.8. The van der Waals surface area contributed by atoms with E-state index in [1.54, 1.807) is 0 Å².